The van der Waals surface area contributed by atoms with E-state index in [0.29, 0.717) is 52.5 Å². The first-order chi connectivity index (χ1) is 15.3. The second kappa shape index (κ2) is 28.4. The quantitative estimate of drug-likeness (QED) is 0.129. The second-order valence-corrected chi connectivity index (χ2v) is 6.15. The van der Waals surface area contributed by atoms with E-state index in [9.17, 15) is 19.2 Å². The largest absolute Gasteiger partial charge is 0.481 e. The van der Waals surface area contributed by atoms with Crippen molar-refractivity contribution in [2.45, 2.75) is 38.5 Å². The number of carboxylic acids is 2. The Bertz CT molecular complexity index is 457. The molecule has 0 unspecified atom stereocenters. The molecule has 0 aliphatic rings. The fourth-order valence-electron chi connectivity index (χ4n) is 1.83. The molecule has 0 heterocycles. The van der Waals surface area contributed by atoms with Crippen LogP contribution in [0.1, 0.15) is 38.5 Å². The molecule has 0 aromatic carbocycles. The van der Waals surface area contributed by atoms with E-state index in [0.717, 1.165) is 0 Å². The summed E-state index contributed by atoms with van der Waals surface area (Å²) in [6.45, 7) is 2.98. The minimum Gasteiger partial charge on any atom is -0.481 e. The number of aliphatic carboxylic acids is 2. The predicted molar refractivity (Wildman–Crippen MR) is 110 cm³/mol. The van der Waals surface area contributed by atoms with Crippen molar-refractivity contribution in [3.05, 3.63) is 0 Å². The molecule has 0 amide bonds. The SMILES string of the molecule is COCCOCCOC(=O)CCCC(=O)O.COCCOCCOC(=O)CCCC(=O)O.[Zn]. The van der Waals surface area contributed by atoms with Gasteiger partial charge in [0.05, 0.1) is 39.6 Å². The Labute approximate surface area is 206 Å². The summed E-state index contributed by atoms with van der Waals surface area (Å²) >= 11 is 0. The van der Waals surface area contributed by atoms with Crippen LogP contribution in [-0.2, 0) is 67.1 Å². The Morgan fingerprint density at radius 2 is 0.879 bits per heavy atom. The van der Waals surface area contributed by atoms with E-state index < -0.39 is 23.9 Å². The summed E-state index contributed by atoms with van der Waals surface area (Å²) in [5.74, 6) is -2.60. The second-order valence-electron chi connectivity index (χ2n) is 6.15. The van der Waals surface area contributed by atoms with E-state index in [4.69, 9.17) is 38.6 Å². The van der Waals surface area contributed by atoms with Crippen molar-refractivity contribution < 1.29 is 77.3 Å². The Hall–Kier alpha value is -1.66. The van der Waals surface area contributed by atoms with Gasteiger partial charge in [-0.3, -0.25) is 19.2 Å². The van der Waals surface area contributed by atoms with E-state index in [-0.39, 0.29) is 58.4 Å². The van der Waals surface area contributed by atoms with Crippen molar-refractivity contribution in [1.29, 1.82) is 0 Å². The molecule has 0 rings (SSSR count). The molecule has 0 aromatic heterocycles. The molecule has 0 saturated carbocycles. The first-order valence-corrected chi connectivity index (χ1v) is 10.2. The molecule has 0 aliphatic carbocycles. The number of esters is 2. The molecule has 12 nitrogen and oxygen atoms in total. The van der Waals surface area contributed by atoms with Gasteiger partial charge in [0.2, 0.25) is 0 Å². The zero-order valence-corrected chi connectivity index (χ0v) is 22.6. The van der Waals surface area contributed by atoms with Crippen molar-refractivity contribution in [3.63, 3.8) is 0 Å². The molecule has 33 heavy (non-hydrogen) atoms. The average Bonchev–Trinajstić information content (AvgIpc) is 2.73. The first-order valence-electron chi connectivity index (χ1n) is 10.2. The molecule has 13 heteroatoms. The third kappa shape index (κ3) is 35.1. The predicted octanol–water partition coefficient (Wildman–Crippen LogP) is 0.893. The van der Waals surface area contributed by atoms with Crippen LogP contribution >= 0.6 is 0 Å². The number of carboxylic acid groups (broad SMARTS) is 2. The summed E-state index contributed by atoms with van der Waals surface area (Å²) in [6, 6.07) is 0. The third-order valence-electron chi connectivity index (χ3n) is 3.39. The van der Waals surface area contributed by atoms with Crippen LogP contribution in [-0.4, -0.2) is 101 Å². The minimum absolute atomic E-state index is 0. The van der Waals surface area contributed by atoms with Crippen LogP contribution in [0, 0.1) is 0 Å². The van der Waals surface area contributed by atoms with Gasteiger partial charge in [0.15, 0.2) is 0 Å². The summed E-state index contributed by atoms with van der Waals surface area (Å²) in [6.07, 6.45) is 0.838. The Kier molecular flexibility index (Phi) is 30.9. The summed E-state index contributed by atoms with van der Waals surface area (Å²) in [5.41, 5.74) is 0. The zero-order chi connectivity index (χ0) is 24.5. The molecule has 0 bridgehead atoms. The van der Waals surface area contributed by atoms with Crippen molar-refractivity contribution in [2.24, 2.45) is 0 Å². The fraction of sp³-hybridized carbons (Fsp3) is 0.800. The zero-order valence-electron chi connectivity index (χ0n) is 19.6. The van der Waals surface area contributed by atoms with Gasteiger partial charge >= 0.3 is 23.9 Å². The van der Waals surface area contributed by atoms with Crippen LogP contribution in [0.4, 0.5) is 0 Å². The van der Waals surface area contributed by atoms with E-state index in [1.165, 1.54) is 0 Å². The smallest absolute Gasteiger partial charge is 0.305 e. The fourth-order valence-corrected chi connectivity index (χ4v) is 1.83. The molecule has 0 aromatic rings. The van der Waals surface area contributed by atoms with Crippen molar-refractivity contribution in [1.82, 2.24) is 0 Å². The number of rotatable bonds is 20. The van der Waals surface area contributed by atoms with Gasteiger partial charge in [-0.2, -0.15) is 0 Å². The van der Waals surface area contributed by atoms with E-state index in [2.05, 4.69) is 0 Å². The van der Waals surface area contributed by atoms with Crippen LogP contribution in [0.3, 0.4) is 0 Å². The van der Waals surface area contributed by atoms with Gasteiger partial charge in [0.1, 0.15) is 13.2 Å². The molecular formula is C20H36O12Zn. The molecular weight excluding hydrogens is 498 g/mol. The Balaban J connectivity index is -0.000000529. The van der Waals surface area contributed by atoms with Crippen molar-refractivity contribution >= 4 is 23.9 Å². The Morgan fingerprint density at radius 1 is 0.545 bits per heavy atom. The molecule has 190 valence electrons. The third-order valence-corrected chi connectivity index (χ3v) is 3.39. The van der Waals surface area contributed by atoms with Crippen LogP contribution in [0.15, 0.2) is 0 Å². The monoisotopic (exact) mass is 532 g/mol. The molecule has 0 fully saturated rings. The number of hydrogen-bond donors (Lipinski definition) is 2. The maximum atomic E-state index is 11.0. The normalized spacial score (nSPS) is 9.76. The number of methoxy groups -OCH3 is 2. The van der Waals surface area contributed by atoms with Gasteiger partial charge < -0.3 is 38.6 Å². The summed E-state index contributed by atoms with van der Waals surface area (Å²) < 4.78 is 29.3. The molecule has 0 spiro atoms. The van der Waals surface area contributed by atoms with Gasteiger partial charge in [-0.1, -0.05) is 0 Å². The number of carbonyl (C=O) groups is 4. The standard InChI is InChI=1S/2C10H18O6.Zn/c2*1-14-5-6-15-7-8-16-10(13)4-2-3-9(11)12;/h2*2-8H2,1H3,(H,11,12);. The van der Waals surface area contributed by atoms with Gasteiger partial charge in [-0.15, -0.1) is 0 Å². The van der Waals surface area contributed by atoms with Crippen LogP contribution in [0.25, 0.3) is 0 Å². The maximum absolute atomic E-state index is 11.0. The van der Waals surface area contributed by atoms with Gasteiger partial charge in [0, 0.05) is 59.4 Å². The topological polar surface area (TPSA) is 164 Å². The summed E-state index contributed by atoms with van der Waals surface area (Å²) in [7, 11) is 3.15. The molecule has 0 radical (unpaired) electrons. The minimum atomic E-state index is -0.907. The molecule has 0 aliphatic heterocycles. The Morgan fingerprint density at radius 3 is 1.18 bits per heavy atom. The van der Waals surface area contributed by atoms with E-state index in [1.807, 2.05) is 0 Å². The van der Waals surface area contributed by atoms with Crippen LogP contribution < -0.4 is 0 Å². The summed E-state index contributed by atoms with van der Waals surface area (Å²) in [5, 5.41) is 16.7. The molecule has 0 saturated heterocycles. The van der Waals surface area contributed by atoms with Crippen molar-refractivity contribution in [3.8, 4) is 0 Å². The molecule has 0 atom stereocenters. The van der Waals surface area contributed by atoms with Gasteiger partial charge in [-0.05, 0) is 12.8 Å². The van der Waals surface area contributed by atoms with Crippen LogP contribution in [0.2, 0.25) is 0 Å². The van der Waals surface area contributed by atoms with Gasteiger partial charge in [0.25, 0.3) is 0 Å². The van der Waals surface area contributed by atoms with E-state index in [1.54, 1.807) is 14.2 Å². The maximum Gasteiger partial charge on any atom is 0.305 e. The van der Waals surface area contributed by atoms with Crippen LogP contribution in [0.5, 0.6) is 0 Å². The number of hydrogen-bond acceptors (Lipinski definition) is 10. The van der Waals surface area contributed by atoms with Crippen molar-refractivity contribution in [2.75, 3.05) is 67.1 Å². The van der Waals surface area contributed by atoms with E-state index >= 15 is 0 Å². The van der Waals surface area contributed by atoms with Gasteiger partial charge in [-0.25, -0.2) is 0 Å². The number of carbonyl (C=O) groups excluding carboxylic acids is 2. The first kappa shape index (κ1) is 35.9. The molecule has 2 N–H and O–H groups in total. The number of ether oxygens (including phenoxy) is 6. The summed E-state index contributed by atoms with van der Waals surface area (Å²) in [4.78, 5) is 42.4. The average molecular weight is 534 g/mol.